The summed E-state index contributed by atoms with van der Waals surface area (Å²) in [6, 6.07) is 7.33. The van der Waals surface area contributed by atoms with Gasteiger partial charge in [-0.2, -0.15) is 0 Å². The number of rotatable bonds is 4. The molecule has 0 bridgehead atoms. The molecule has 1 aliphatic heterocycles. The second-order valence-corrected chi connectivity index (χ2v) is 5.37. The van der Waals surface area contributed by atoms with Gasteiger partial charge in [0.25, 0.3) is 0 Å². The smallest absolute Gasteiger partial charge is 0.203 e. The molecule has 1 aliphatic rings. The number of allylic oxidation sites excluding steroid dienone is 1. The summed E-state index contributed by atoms with van der Waals surface area (Å²) in [4.78, 5) is 12.7. The van der Waals surface area contributed by atoms with Gasteiger partial charge in [-0.3, -0.25) is 4.79 Å². The van der Waals surface area contributed by atoms with Gasteiger partial charge in [-0.1, -0.05) is 12.1 Å². The summed E-state index contributed by atoms with van der Waals surface area (Å²) in [5.41, 5.74) is 0.834. The van der Waals surface area contributed by atoms with E-state index in [0.29, 0.717) is 30.5 Å². The van der Waals surface area contributed by atoms with Gasteiger partial charge in [0.2, 0.25) is 5.75 Å². The highest BCUT2D eigenvalue weighted by Crippen LogP contribution is 2.40. The molecular weight excluding hydrogens is 288 g/mol. The molecule has 5 heteroatoms. The molecule has 0 aliphatic carbocycles. The second kappa shape index (κ2) is 6.01. The lowest BCUT2D eigenvalue weighted by Crippen LogP contribution is -2.16. The maximum Gasteiger partial charge on any atom is 0.203 e. The molecule has 0 saturated heterocycles. The van der Waals surface area contributed by atoms with Crippen molar-refractivity contribution in [3.05, 3.63) is 46.2 Å². The minimum atomic E-state index is -0.0149. The minimum Gasteiger partial charge on any atom is -0.493 e. The van der Waals surface area contributed by atoms with Crippen molar-refractivity contribution in [2.45, 2.75) is 0 Å². The molecule has 1 aromatic carbocycles. The molecule has 0 fully saturated rings. The first-order chi connectivity index (χ1) is 10.3. The number of fused-ring (bicyclic) bond motifs is 1. The number of methoxy groups -OCH3 is 1. The maximum absolute atomic E-state index is 12.0. The Balaban J connectivity index is 1.87. The summed E-state index contributed by atoms with van der Waals surface area (Å²) < 4.78 is 16.4. The van der Waals surface area contributed by atoms with Crippen LogP contribution in [0, 0.1) is 0 Å². The fraction of sp³-hybridized carbons (Fsp3) is 0.188. The minimum absolute atomic E-state index is 0.0149. The molecule has 0 spiro atoms. The van der Waals surface area contributed by atoms with Crippen LogP contribution in [0.15, 0.2) is 35.7 Å². The van der Waals surface area contributed by atoms with Crippen LogP contribution in [-0.2, 0) is 0 Å². The summed E-state index contributed by atoms with van der Waals surface area (Å²) >= 11 is 1.43. The monoisotopic (exact) mass is 302 g/mol. The standard InChI is InChI=1S/C16H14O4S/c1-18-13-9-11(10-14-16(13)20-7-6-19-14)4-5-12(17)15-3-2-8-21-15/h2-5,8-10H,6-7H2,1H3/b5-4+. The van der Waals surface area contributed by atoms with Crippen molar-refractivity contribution in [3.63, 3.8) is 0 Å². The lowest BCUT2D eigenvalue weighted by atomic mass is 10.1. The lowest BCUT2D eigenvalue weighted by molar-refractivity contribution is 0.105. The average molecular weight is 302 g/mol. The maximum atomic E-state index is 12.0. The van der Waals surface area contributed by atoms with Crippen molar-refractivity contribution in [1.29, 1.82) is 0 Å². The Labute approximate surface area is 126 Å². The van der Waals surface area contributed by atoms with E-state index in [0.717, 1.165) is 10.4 Å². The summed E-state index contributed by atoms with van der Waals surface area (Å²) in [6.45, 7) is 1.02. The van der Waals surface area contributed by atoms with Crippen molar-refractivity contribution in [1.82, 2.24) is 0 Å². The first-order valence-corrected chi connectivity index (χ1v) is 7.39. The third-order valence-corrected chi connectivity index (χ3v) is 3.93. The first-order valence-electron chi connectivity index (χ1n) is 6.51. The summed E-state index contributed by atoms with van der Waals surface area (Å²) in [6.07, 6.45) is 3.31. The molecule has 2 heterocycles. The SMILES string of the molecule is COc1cc(/C=C/C(=O)c2cccs2)cc2c1OCCO2. The van der Waals surface area contributed by atoms with E-state index in [4.69, 9.17) is 14.2 Å². The molecule has 0 unspecified atom stereocenters. The lowest BCUT2D eigenvalue weighted by Gasteiger charge is -2.20. The predicted molar refractivity (Wildman–Crippen MR) is 81.7 cm³/mol. The van der Waals surface area contributed by atoms with Crippen molar-refractivity contribution in [2.75, 3.05) is 20.3 Å². The number of hydrogen-bond donors (Lipinski definition) is 0. The van der Waals surface area contributed by atoms with E-state index in [2.05, 4.69) is 0 Å². The van der Waals surface area contributed by atoms with Crippen molar-refractivity contribution < 1.29 is 19.0 Å². The van der Waals surface area contributed by atoms with Crippen LogP contribution in [0.25, 0.3) is 6.08 Å². The van der Waals surface area contributed by atoms with Crippen molar-refractivity contribution in [3.8, 4) is 17.2 Å². The number of carbonyl (C=O) groups excluding carboxylic acids is 1. The molecule has 0 saturated carbocycles. The van der Waals surface area contributed by atoms with E-state index in [1.807, 2.05) is 29.6 Å². The van der Waals surface area contributed by atoms with Crippen LogP contribution in [0.3, 0.4) is 0 Å². The van der Waals surface area contributed by atoms with Gasteiger partial charge in [0.15, 0.2) is 17.3 Å². The zero-order chi connectivity index (χ0) is 14.7. The van der Waals surface area contributed by atoms with Crippen LogP contribution in [0.5, 0.6) is 17.2 Å². The molecule has 0 amide bonds. The Kier molecular flexibility index (Phi) is 3.92. The summed E-state index contributed by atoms with van der Waals surface area (Å²) in [5, 5.41) is 1.88. The van der Waals surface area contributed by atoms with Gasteiger partial charge in [-0.15, -0.1) is 11.3 Å². The van der Waals surface area contributed by atoms with Gasteiger partial charge in [0.05, 0.1) is 12.0 Å². The van der Waals surface area contributed by atoms with Crippen LogP contribution in [-0.4, -0.2) is 26.1 Å². The Hall–Kier alpha value is -2.27. The molecule has 3 rings (SSSR count). The average Bonchev–Trinajstić information content (AvgIpc) is 3.06. The van der Waals surface area contributed by atoms with Crippen LogP contribution in [0.1, 0.15) is 15.2 Å². The Morgan fingerprint density at radius 3 is 2.95 bits per heavy atom. The summed E-state index contributed by atoms with van der Waals surface area (Å²) in [5.74, 6) is 1.85. The third-order valence-electron chi connectivity index (χ3n) is 3.04. The van der Waals surface area contributed by atoms with Gasteiger partial charge in [0, 0.05) is 0 Å². The van der Waals surface area contributed by atoms with E-state index < -0.39 is 0 Å². The molecule has 0 N–H and O–H groups in total. The topological polar surface area (TPSA) is 44.8 Å². The van der Waals surface area contributed by atoms with Crippen LogP contribution < -0.4 is 14.2 Å². The van der Waals surface area contributed by atoms with Crippen molar-refractivity contribution >= 4 is 23.2 Å². The van der Waals surface area contributed by atoms with Gasteiger partial charge in [0.1, 0.15) is 13.2 Å². The predicted octanol–water partition coefficient (Wildman–Crippen LogP) is 3.42. The highest BCUT2D eigenvalue weighted by atomic mass is 32.1. The zero-order valence-corrected chi connectivity index (χ0v) is 12.3. The quantitative estimate of drug-likeness (QED) is 0.641. The molecular formula is C16H14O4S. The third kappa shape index (κ3) is 2.92. The number of thiophene rings is 1. The van der Waals surface area contributed by atoms with Crippen molar-refractivity contribution in [2.24, 2.45) is 0 Å². The first kappa shape index (κ1) is 13.7. The number of ketones is 1. The molecule has 4 nitrogen and oxygen atoms in total. The molecule has 21 heavy (non-hydrogen) atoms. The van der Waals surface area contributed by atoms with Crippen LogP contribution in [0.2, 0.25) is 0 Å². The van der Waals surface area contributed by atoms with Crippen LogP contribution in [0.4, 0.5) is 0 Å². The number of carbonyl (C=O) groups is 1. The molecule has 0 atom stereocenters. The second-order valence-electron chi connectivity index (χ2n) is 4.42. The molecule has 2 aromatic rings. The van der Waals surface area contributed by atoms with Gasteiger partial charge >= 0.3 is 0 Å². The summed E-state index contributed by atoms with van der Waals surface area (Å²) in [7, 11) is 1.58. The molecule has 0 radical (unpaired) electrons. The normalized spacial score (nSPS) is 13.4. The molecule has 1 aromatic heterocycles. The molecule has 108 valence electrons. The van der Waals surface area contributed by atoms with E-state index in [-0.39, 0.29) is 5.78 Å². The van der Waals surface area contributed by atoms with E-state index in [1.54, 1.807) is 19.3 Å². The van der Waals surface area contributed by atoms with Gasteiger partial charge < -0.3 is 14.2 Å². The fourth-order valence-electron chi connectivity index (χ4n) is 2.06. The Morgan fingerprint density at radius 1 is 1.33 bits per heavy atom. The van der Waals surface area contributed by atoms with Gasteiger partial charge in [-0.05, 0) is 35.2 Å². The van der Waals surface area contributed by atoms with E-state index in [1.165, 1.54) is 11.3 Å². The highest BCUT2D eigenvalue weighted by Gasteiger charge is 2.17. The van der Waals surface area contributed by atoms with E-state index >= 15 is 0 Å². The van der Waals surface area contributed by atoms with Crippen LogP contribution >= 0.6 is 11.3 Å². The number of ether oxygens (including phenoxy) is 3. The number of benzene rings is 1. The zero-order valence-electron chi connectivity index (χ0n) is 11.5. The highest BCUT2D eigenvalue weighted by molar-refractivity contribution is 7.12. The fourth-order valence-corrected chi connectivity index (χ4v) is 2.71. The number of hydrogen-bond acceptors (Lipinski definition) is 5. The largest absolute Gasteiger partial charge is 0.493 e. The van der Waals surface area contributed by atoms with E-state index in [9.17, 15) is 4.79 Å². The Bertz CT molecular complexity index is 657. The Morgan fingerprint density at radius 2 is 2.19 bits per heavy atom. The van der Waals surface area contributed by atoms with Gasteiger partial charge in [-0.25, -0.2) is 0 Å².